The number of hydrogen-bond acceptors (Lipinski definition) is 4. The van der Waals surface area contributed by atoms with Gasteiger partial charge in [-0.2, -0.15) is 0 Å². The molecule has 0 aromatic carbocycles. The Kier molecular flexibility index (Phi) is 7.25. The predicted molar refractivity (Wildman–Crippen MR) is 108 cm³/mol. The standard InChI is InChI=1S/C22H35N3O2/c1-3-18(4-2)17-25-11-8-22(9-12-25)14-19(7-13-27-22)15-24-21(26)20-6-5-10-23-16-20/h5-6,10,16,18-19H,3-4,7-9,11-15,17H2,1-2H3,(H,24,26). The minimum atomic E-state index is -0.0244. The Morgan fingerprint density at radius 1 is 1.37 bits per heavy atom. The summed E-state index contributed by atoms with van der Waals surface area (Å²) in [6.45, 7) is 9.67. The summed E-state index contributed by atoms with van der Waals surface area (Å²) in [6, 6.07) is 3.61. The van der Waals surface area contributed by atoms with Crippen molar-refractivity contribution >= 4 is 5.91 Å². The summed E-state index contributed by atoms with van der Waals surface area (Å²) in [4.78, 5) is 18.9. The summed E-state index contributed by atoms with van der Waals surface area (Å²) in [7, 11) is 0. The molecule has 150 valence electrons. The molecule has 2 aliphatic heterocycles. The molecular weight excluding hydrogens is 338 g/mol. The molecule has 5 heteroatoms. The highest BCUT2D eigenvalue weighted by atomic mass is 16.5. The summed E-state index contributed by atoms with van der Waals surface area (Å²) in [5.74, 6) is 1.30. The first-order chi connectivity index (χ1) is 13.1. The number of rotatable bonds is 7. The van der Waals surface area contributed by atoms with E-state index in [0.29, 0.717) is 11.5 Å². The van der Waals surface area contributed by atoms with Crippen LogP contribution in [0.1, 0.15) is 62.7 Å². The van der Waals surface area contributed by atoms with E-state index in [-0.39, 0.29) is 11.5 Å². The third-order valence-corrected chi connectivity index (χ3v) is 6.51. The van der Waals surface area contributed by atoms with Crippen LogP contribution in [0, 0.1) is 11.8 Å². The van der Waals surface area contributed by atoms with Gasteiger partial charge in [0.25, 0.3) is 5.91 Å². The number of ether oxygens (including phenoxy) is 1. The number of piperidine rings is 1. The van der Waals surface area contributed by atoms with Crippen molar-refractivity contribution in [3.8, 4) is 0 Å². The molecule has 0 saturated carbocycles. The van der Waals surface area contributed by atoms with Gasteiger partial charge < -0.3 is 15.0 Å². The third-order valence-electron chi connectivity index (χ3n) is 6.51. The van der Waals surface area contributed by atoms with Crippen LogP contribution in [0.3, 0.4) is 0 Å². The normalized spacial score (nSPS) is 22.9. The van der Waals surface area contributed by atoms with E-state index in [1.165, 1.54) is 19.4 Å². The molecule has 1 unspecified atom stereocenters. The zero-order chi connectivity index (χ0) is 19.1. The second kappa shape index (κ2) is 9.65. The summed E-state index contributed by atoms with van der Waals surface area (Å²) >= 11 is 0. The largest absolute Gasteiger partial charge is 0.375 e. The molecule has 2 fully saturated rings. The molecule has 0 bridgehead atoms. The Balaban J connectivity index is 1.46. The summed E-state index contributed by atoms with van der Waals surface area (Å²) < 4.78 is 6.28. The Morgan fingerprint density at radius 2 is 2.15 bits per heavy atom. The lowest BCUT2D eigenvalue weighted by atomic mass is 9.79. The van der Waals surface area contributed by atoms with Crippen LogP contribution < -0.4 is 5.32 Å². The molecule has 3 heterocycles. The van der Waals surface area contributed by atoms with Crippen LogP contribution in [0.5, 0.6) is 0 Å². The minimum Gasteiger partial charge on any atom is -0.375 e. The quantitative estimate of drug-likeness (QED) is 0.795. The van der Waals surface area contributed by atoms with Crippen LogP contribution in [0.15, 0.2) is 24.5 Å². The van der Waals surface area contributed by atoms with Crippen LogP contribution in [0.4, 0.5) is 0 Å². The lowest BCUT2D eigenvalue weighted by Crippen LogP contribution is -2.51. The molecule has 2 saturated heterocycles. The van der Waals surface area contributed by atoms with E-state index in [1.807, 2.05) is 6.07 Å². The number of likely N-dealkylation sites (tertiary alicyclic amines) is 1. The topological polar surface area (TPSA) is 54.5 Å². The highest BCUT2D eigenvalue weighted by Crippen LogP contribution is 2.37. The van der Waals surface area contributed by atoms with Gasteiger partial charge in [-0.05, 0) is 49.7 Å². The van der Waals surface area contributed by atoms with Crippen molar-refractivity contribution in [1.82, 2.24) is 15.2 Å². The smallest absolute Gasteiger partial charge is 0.252 e. The van der Waals surface area contributed by atoms with Gasteiger partial charge in [-0.15, -0.1) is 0 Å². The fourth-order valence-electron chi connectivity index (χ4n) is 4.54. The average Bonchev–Trinajstić information content (AvgIpc) is 2.72. The molecule has 0 aliphatic carbocycles. The van der Waals surface area contributed by atoms with Gasteiger partial charge in [-0.25, -0.2) is 0 Å². The minimum absolute atomic E-state index is 0.0244. The Labute approximate surface area is 163 Å². The summed E-state index contributed by atoms with van der Waals surface area (Å²) in [5, 5.41) is 3.10. The number of carbonyl (C=O) groups excluding carboxylic acids is 1. The Morgan fingerprint density at radius 3 is 2.81 bits per heavy atom. The maximum absolute atomic E-state index is 12.3. The molecule has 0 radical (unpaired) electrons. The molecule has 2 aliphatic rings. The van der Waals surface area contributed by atoms with Gasteiger partial charge in [0.2, 0.25) is 0 Å². The van der Waals surface area contributed by atoms with E-state index >= 15 is 0 Å². The van der Waals surface area contributed by atoms with Crippen LogP contribution >= 0.6 is 0 Å². The molecule has 5 nitrogen and oxygen atoms in total. The van der Waals surface area contributed by atoms with Gasteiger partial charge in [0, 0.05) is 45.2 Å². The second-order valence-electron chi connectivity index (χ2n) is 8.33. The number of carbonyl (C=O) groups is 1. The molecule has 3 rings (SSSR count). The van der Waals surface area contributed by atoms with E-state index in [4.69, 9.17) is 4.74 Å². The van der Waals surface area contributed by atoms with Gasteiger partial charge >= 0.3 is 0 Å². The lowest BCUT2D eigenvalue weighted by molar-refractivity contribution is -0.127. The van der Waals surface area contributed by atoms with Crippen molar-refractivity contribution in [2.45, 2.75) is 58.0 Å². The molecule has 1 aromatic rings. The van der Waals surface area contributed by atoms with Gasteiger partial charge in [0.05, 0.1) is 11.2 Å². The monoisotopic (exact) mass is 373 g/mol. The van der Waals surface area contributed by atoms with Gasteiger partial charge in [0.1, 0.15) is 0 Å². The first-order valence-corrected chi connectivity index (χ1v) is 10.7. The Hall–Kier alpha value is -1.46. The molecule has 1 spiro atoms. The van der Waals surface area contributed by atoms with Crippen molar-refractivity contribution in [3.05, 3.63) is 30.1 Å². The van der Waals surface area contributed by atoms with Crippen LogP contribution in [-0.2, 0) is 4.74 Å². The maximum atomic E-state index is 12.3. The van der Waals surface area contributed by atoms with Crippen molar-refractivity contribution in [2.24, 2.45) is 11.8 Å². The van der Waals surface area contributed by atoms with Crippen molar-refractivity contribution in [2.75, 3.05) is 32.8 Å². The molecule has 1 N–H and O–H groups in total. The van der Waals surface area contributed by atoms with Crippen molar-refractivity contribution < 1.29 is 9.53 Å². The first-order valence-electron chi connectivity index (χ1n) is 10.7. The summed E-state index contributed by atoms with van der Waals surface area (Å²) in [5.41, 5.74) is 0.667. The number of aromatic nitrogens is 1. The van der Waals surface area contributed by atoms with Gasteiger partial charge in [0.15, 0.2) is 0 Å². The highest BCUT2D eigenvalue weighted by Gasteiger charge is 2.40. The summed E-state index contributed by atoms with van der Waals surface area (Å²) in [6.07, 6.45) is 10.2. The molecule has 1 amide bonds. The third kappa shape index (κ3) is 5.52. The molecule has 1 aromatic heterocycles. The first kappa shape index (κ1) is 20.3. The number of nitrogens with zero attached hydrogens (tertiary/aromatic N) is 2. The van der Waals surface area contributed by atoms with Crippen LogP contribution in [-0.4, -0.2) is 54.2 Å². The fourth-order valence-corrected chi connectivity index (χ4v) is 4.54. The number of amides is 1. The predicted octanol–water partition coefficient (Wildman–Crippen LogP) is 3.51. The van der Waals surface area contributed by atoms with Crippen molar-refractivity contribution in [1.29, 1.82) is 0 Å². The zero-order valence-corrected chi connectivity index (χ0v) is 17.0. The molecule has 27 heavy (non-hydrogen) atoms. The zero-order valence-electron chi connectivity index (χ0n) is 17.0. The van der Waals surface area contributed by atoms with E-state index < -0.39 is 0 Å². The Bertz CT molecular complexity index is 580. The van der Waals surface area contributed by atoms with Gasteiger partial charge in [-0.3, -0.25) is 9.78 Å². The van der Waals surface area contributed by atoms with E-state index in [9.17, 15) is 4.79 Å². The molecule has 1 atom stereocenters. The fraction of sp³-hybridized carbons (Fsp3) is 0.727. The number of hydrogen-bond donors (Lipinski definition) is 1. The maximum Gasteiger partial charge on any atom is 0.252 e. The van der Waals surface area contributed by atoms with E-state index in [2.05, 4.69) is 29.0 Å². The second-order valence-corrected chi connectivity index (χ2v) is 8.33. The van der Waals surface area contributed by atoms with Gasteiger partial charge in [-0.1, -0.05) is 26.7 Å². The van der Waals surface area contributed by atoms with Crippen molar-refractivity contribution in [3.63, 3.8) is 0 Å². The highest BCUT2D eigenvalue weighted by molar-refractivity contribution is 5.93. The number of nitrogens with one attached hydrogen (secondary N) is 1. The lowest BCUT2D eigenvalue weighted by Gasteiger charge is -2.46. The van der Waals surface area contributed by atoms with E-state index in [1.54, 1.807) is 18.5 Å². The average molecular weight is 374 g/mol. The van der Waals surface area contributed by atoms with Crippen LogP contribution in [0.2, 0.25) is 0 Å². The van der Waals surface area contributed by atoms with Crippen LogP contribution in [0.25, 0.3) is 0 Å². The van der Waals surface area contributed by atoms with E-state index in [0.717, 1.165) is 57.8 Å². The number of pyridine rings is 1. The SMILES string of the molecule is CCC(CC)CN1CCC2(CC1)CC(CNC(=O)c1cccnc1)CCO2. The molecular formula is C22H35N3O2.